The maximum atomic E-state index is 12.0. The van der Waals surface area contributed by atoms with Crippen molar-refractivity contribution in [2.75, 3.05) is 24.3 Å². The molecule has 1 aliphatic heterocycles. The summed E-state index contributed by atoms with van der Waals surface area (Å²) in [6.07, 6.45) is -2.08. The van der Waals surface area contributed by atoms with E-state index in [1.165, 1.54) is 10.9 Å². The molecule has 0 amide bonds. The third-order valence-electron chi connectivity index (χ3n) is 4.75. The van der Waals surface area contributed by atoms with Gasteiger partial charge in [-0.1, -0.05) is 0 Å². The number of anilines is 2. The lowest BCUT2D eigenvalue weighted by atomic mass is 10.1. The van der Waals surface area contributed by atoms with E-state index < -0.39 is 47.5 Å². The molecule has 4 rings (SSSR count). The molecule has 4 atom stereocenters. The number of nitrogens with zero attached hydrogens (tertiary/aromatic N) is 3. The van der Waals surface area contributed by atoms with Crippen LogP contribution in [-0.2, 0) is 4.74 Å². The lowest BCUT2D eigenvalue weighted by molar-refractivity contribution is -0.0487. The molecule has 13 heteroatoms. The normalized spacial score (nSPS) is 24.4. The Labute approximate surface area is 161 Å². The molecule has 6 N–H and O–H groups in total. The predicted octanol–water partition coefficient (Wildman–Crippen LogP) is -2.57. The fourth-order valence-electron chi connectivity index (χ4n) is 3.39. The molecule has 13 nitrogen and oxygen atoms in total. The van der Waals surface area contributed by atoms with E-state index in [-0.39, 0.29) is 35.2 Å². The summed E-state index contributed by atoms with van der Waals surface area (Å²) in [5.41, 5.74) is 3.46. The van der Waals surface area contributed by atoms with Crippen LogP contribution in [0.15, 0.2) is 20.7 Å². The number of nitrogen functional groups attached to an aromatic ring is 1. The monoisotopic (exact) mass is 406 g/mol. The zero-order chi connectivity index (χ0) is 20.9. The van der Waals surface area contributed by atoms with Crippen molar-refractivity contribution in [2.45, 2.75) is 31.4 Å². The van der Waals surface area contributed by atoms with Gasteiger partial charge in [0.15, 0.2) is 23.1 Å². The van der Waals surface area contributed by atoms with Gasteiger partial charge in [0.25, 0.3) is 16.4 Å². The Bertz CT molecular complexity index is 1190. The Kier molecular flexibility index (Phi) is 4.56. The summed E-state index contributed by atoms with van der Waals surface area (Å²) in [6.45, 7) is 1.34. The highest BCUT2D eigenvalue weighted by Crippen LogP contribution is 2.33. The third kappa shape index (κ3) is 2.86. The predicted molar refractivity (Wildman–Crippen MR) is 99.5 cm³/mol. The minimum Gasteiger partial charge on any atom is -0.488 e. The number of nitrogens with two attached hydrogens (primary N) is 1. The maximum Gasteiger partial charge on any atom is 0.280 e. The highest BCUT2D eigenvalue weighted by molar-refractivity contribution is 5.70. The van der Waals surface area contributed by atoms with Crippen molar-refractivity contribution in [3.63, 3.8) is 0 Å². The third-order valence-corrected chi connectivity index (χ3v) is 4.75. The Balaban J connectivity index is 1.68. The van der Waals surface area contributed by atoms with Crippen LogP contribution in [0.5, 0.6) is 5.75 Å². The number of hydrogen-bond donors (Lipinski definition) is 5. The Morgan fingerprint density at radius 3 is 2.83 bits per heavy atom. The van der Waals surface area contributed by atoms with Crippen LogP contribution < -0.4 is 32.2 Å². The van der Waals surface area contributed by atoms with Crippen LogP contribution in [0, 0.1) is 0 Å². The number of H-pyrrole nitrogens is 1. The van der Waals surface area contributed by atoms with Crippen molar-refractivity contribution in [1.82, 2.24) is 19.5 Å². The molecular weight excluding hydrogens is 388 g/mol. The molecule has 1 aromatic carbocycles. The van der Waals surface area contributed by atoms with E-state index in [1.54, 1.807) is 6.92 Å². The largest absolute Gasteiger partial charge is 0.488 e. The second-order valence-corrected chi connectivity index (χ2v) is 6.48. The zero-order valence-corrected chi connectivity index (χ0v) is 15.2. The van der Waals surface area contributed by atoms with Crippen LogP contribution >= 0.6 is 0 Å². The highest BCUT2D eigenvalue weighted by Gasteiger charge is 2.46. The minimum atomic E-state index is -1.30. The molecule has 1 unspecified atom stereocenters. The van der Waals surface area contributed by atoms with Gasteiger partial charge in [0.2, 0.25) is 5.95 Å². The fourth-order valence-corrected chi connectivity index (χ4v) is 3.39. The van der Waals surface area contributed by atoms with E-state index in [4.69, 9.17) is 15.2 Å². The van der Waals surface area contributed by atoms with Gasteiger partial charge in [-0.25, -0.2) is 4.98 Å². The molecule has 1 saturated heterocycles. The van der Waals surface area contributed by atoms with Crippen LogP contribution in [0.4, 0.5) is 11.6 Å². The summed E-state index contributed by atoms with van der Waals surface area (Å²) in [4.78, 5) is 45.8. The number of aliphatic hydroxyl groups is 2. The number of nitrogens with one attached hydrogen (secondary N) is 2. The Hall–Kier alpha value is -3.29. The fraction of sp³-hybridized carbons (Fsp3) is 0.438. The van der Waals surface area contributed by atoms with Crippen molar-refractivity contribution in [3.8, 4) is 5.75 Å². The van der Waals surface area contributed by atoms with Crippen LogP contribution in [0.2, 0.25) is 0 Å². The van der Waals surface area contributed by atoms with Crippen molar-refractivity contribution in [3.05, 3.63) is 37.1 Å². The second-order valence-electron chi connectivity index (χ2n) is 6.48. The molecule has 3 heterocycles. The first-order chi connectivity index (χ1) is 13.9. The van der Waals surface area contributed by atoms with Crippen molar-refractivity contribution >= 4 is 22.8 Å². The molecule has 0 spiro atoms. The van der Waals surface area contributed by atoms with Crippen LogP contribution in [0.25, 0.3) is 11.2 Å². The maximum absolute atomic E-state index is 12.0. The van der Waals surface area contributed by atoms with Crippen molar-refractivity contribution in [1.29, 1.82) is 0 Å². The number of rotatable bonds is 6. The summed E-state index contributed by atoms with van der Waals surface area (Å²) in [6, 6.07) is -0.954. The molecule has 0 aliphatic carbocycles. The second kappa shape index (κ2) is 6.95. The Morgan fingerprint density at radius 2 is 2.14 bits per heavy atom. The first-order valence-electron chi connectivity index (χ1n) is 8.76. The van der Waals surface area contributed by atoms with E-state index in [0.717, 1.165) is 0 Å². The summed E-state index contributed by atoms with van der Waals surface area (Å²) in [5, 5.41) is 23.2. The smallest absolute Gasteiger partial charge is 0.280 e. The number of hydrogen-bond acceptors (Lipinski definition) is 11. The van der Waals surface area contributed by atoms with E-state index in [9.17, 15) is 24.6 Å². The van der Waals surface area contributed by atoms with E-state index >= 15 is 0 Å². The topological polar surface area (TPSA) is 195 Å². The van der Waals surface area contributed by atoms with Crippen molar-refractivity contribution in [2.24, 2.45) is 0 Å². The molecule has 0 saturated carbocycles. The van der Waals surface area contributed by atoms with Crippen molar-refractivity contribution < 1.29 is 19.7 Å². The van der Waals surface area contributed by atoms with Crippen LogP contribution in [0.1, 0.15) is 13.2 Å². The summed E-state index contributed by atoms with van der Waals surface area (Å²) < 4.78 is 12.2. The molecule has 3 aromatic rings. The van der Waals surface area contributed by atoms with Gasteiger partial charge >= 0.3 is 0 Å². The molecule has 1 aliphatic rings. The number of aromatic amines is 1. The van der Waals surface area contributed by atoms with Gasteiger partial charge in [-0.05, 0) is 6.92 Å². The number of aliphatic hydroxyl groups excluding tert-OH is 2. The average Bonchev–Trinajstić information content (AvgIpc) is 3.25. The van der Waals surface area contributed by atoms with Gasteiger partial charge in [-0.2, -0.15) is 4.98 Å². The first kappa shape index (κ1) is 19.0. The number of ether oxygens (including phenoxy) is 2. The molecule has 0 bridgehead atoms. The van der Waals surface area contributed by atoms with E-state index in [0.29, 0.717) is 0 Å². The number of aromatic nitrogens is 4. The average molecular weight is 406 g/mol. The molecule has 0 radical (unpaired) electrons. The molecule has 154 valence electrons. The number of fused-ring (bicyclic) bond motifs is 1. The van der Waals surface area contributed by atoms with E-state index in [2.05, 4.69) is 20.3 Å². The molecule has 29 heavy (non-hydrogen) atoms. The standard InChI is InChI=1S/C16H18N6O7/c1-2-28-12-7(9(24)11(12)26)19-6-5(3-23)29-15(10(6)25)22-4-18-8-13(22)20-16(17)21-14(8)27/h4-6,10,15,19,23,25H,2-3H2,1H3,(H3,17,20,21,27)/t5-,6?,10+,15-/m1/s1. The SMILES string of the molecule is CCOc1c(NC2[C@@H](CO)O[C@@H](n3cnc4c(=O)[nH]c(N)nc43)[C@H]2O)c(=O)c1=O. The zero-order valence-electron chi connectivity index (χ0n) is 15.2. The van der Waals surface area contributed by atoms with Gasteiger partial charge in [-0.15, -0.1) is 0 Å². The van der Waals surface area contributed by atoms with Gasteiger partial charge in [0, 0.05) is 0 Å². The van der Waals surface area contributed by atoms with E-state index in [1.807, 2.05) is 0 Å². The summed E-state index contributed by atoms with van der Waals surface area (Å²) >= 11 is 0. The van der Waals surface area contributed by atoms with Crippen LogP contribution in [-0.4, -0.2) is 61.2 Å². The lowest BCUT2D eigenvalue weighted by Gasteiger charge is -2.23. The quantitative estimate of drug-likeness (QED) is 0.270. The van der Waals surface area contributed by atoms with Gasteiger partial charge in [-0.3, -0.25) is 23.9 Å². The molecule has 1 fully saturated rings. The van der Waals surface area contributed by atoms with Gasteiger partial charge in [0.1, 0.15) is 17.9 Å². The lowest BCUT2D eigenvalue weighted by Crippen LogP contribution is -2.45. The van der Waals surface area contributed by atoms with Gasteiger partial charge in [0.05, 0.1) is 25.6 Å². The minimum absolute atomic E-state index is 0.00642. The summed E-state index contributed by atoms with van der Waals surface area (Å²) in [5.74, 6) is -0.269. The molecule has 2 aromatic heterocycles. The first-order valence-corrected chi connectivity index (χ1v) is 8.76. The van der Waals surface area contributed by atoms with Crippen LogP contribution in [0.3, 0.4) is 0 Å². The Morgan fingerprint density at radius 1 is 1.38 bits per heavy atom. The highest BCUT2D eigenvalue weighted by atomic mass is 16.5. The summed E-state index contributed by atoms with van der Waals surface area (Å²) in [7, 11) is 0. The molecular formula is C16H18N6O7. The van der Waals surface area contributed by atoms with Gasteiger partial charge < -0.3 is 30.7 Å². The number of imidazole rings is 1.